The van der Waals surface area contributed by atoms with Gasteiger partial charge in [-0.1, -0.05) is 6.07 Å². The maximum absolute atomic E-state index is 12.2. The SMILES string of the molecule is COc1ccc(C[NH+](C)CC(=O)Nc2ccc(C)cc2Br)cc1. The Morgan fingerprint density at radius 2 is 1.91 bits per heavy atom. The number of halogens is 1. The van der Waals surface area contributed by atoms with E-state index in [1.807, 2.05) is 56.4 Å². The third-order valence-electron chi connectivity index (χ3n) is 3.53. The molecule has 4 nitrogen and oxygen atoms in total. The molecule has 0 aliphatic heterocycles. The molecule has 0 saturated carbocycles. The van der Waals surface area contributed by atoms with Gasteiger partial charge < -0.3 is 15.0 Å². The van der Waals surface area contributed by atoms with Crippen molar-refractivity contribution in [1.29, 1.82) is 0 Å². The number of rotatable bonds is 6. The molecule has 0 spiro atoms. The summed E-state index contributed by atoms with van der Waals surface area (Å²) in [5.74, 6) is 0.842. The molecule has 2 aromatic rings. The van der Waals surface area contributed by atoms with E-state index in [4.69, 9.17) is 4.74 Å². The maximum Gasteiger partial charge on any atom is 0.279 e. The molecule has 2 aromatic carbocycles. The summed E-state index contributed by atoms with van der Waals surface area (Å²) in [7, 11) is 3.66. The predicted octanol–water partition coefficient (Wildman–Crippen LogP) is 2.42. The Hall–Kier alpha value is -1.85. The monoisotopic (exact) mass is 377 g/mol. The second kappa shape index (κ2) is 8.13. The van der Waals surface area contributed by atoms with Crippen molar-refractivity contribution in [1.82, 2.24) is 0 Å². The highest BCUT2D eigenvalue weighted by molar-refractivity contribution is 9.10. The van der Waals surface area contributed by atoms with Crippen LogP contribution in [0.2, 0.25) is 0 Å². The fourth-order valence-corrected chi connectivity index (χ4v) is 2.94. The maximum atomic E-state index is 12.2. The van der Waals surface area contributed by atoms with Crippen molar-refractivity contribution >= 4 is 27.5 Å². The van der Waals surface area contributed by atoms with Gasteiger partial charge in [-0.2, -0.15) is 0 Å². The van der Waals surface area contributed by atoms with Crippen molar-refractivity contribution in [3.05, 3.63) is 58.1 Å². The van der Waals surface area contributed by atoms with E-state index < -0.39 is 0 Å². The summed E-state index contributed by atoms with van der Waals surface area (Å²) in [5.41, 5.74) is 3.13. The van der Waals surface area contributed by atoms with E-state index in [0.717, 1.165) is 32.9 Å². The van der Waals surface area contributed by atoms with Crippen LogP contribution in [0.15, 0.2) is 46.9 Å². The second-order valence-electron chi connectivity index (χ2n) is 5.69. The molecule has 0 heterocycles. The molecule has 23 heavy (non-hydrogen) atoms. The van der Waals surface area contributed by atoms with Gasteiger partial charge in [-0.05, 0) is 64.8 Å². The minimum atomic E-state index is 0.000523. The Kier molecular flexibility index (Phi) is 6.19. The molecule has 0 aromatic heterocycles. The zero-order valence-corrected chi connectivity index (χ0v) is 15.2. The molecule has 1 amide bonds. The van der Waals surface area contributed by atoms with E-state index in [-0.39, 0.29) is 5.91 Å². The lowest BCUT2D eigenvalue weighted by Gasteiger charge is -2.15. The van der Waals surface area contributed by atoms with Crippen molar-refractivity contribution < 1.29 is 14.4 Å². The first-order chi connectivity index (χ1) is 11.0. The minimum absolute atomic E-state index is 0.000523. The van der Waals surface area contributed by atoms with Gasteiger partial charge in [0.2, 0.25) is 0 Å². The first-order valence-electron chi connectivity index (χ1n) is 7.48. The lowest BCUT2D eigenvalue weighted by Crippen LogP contribution is -3.08. The molecule has 0 aliphatic rings. The molecular weight excluding hydrogens is 356 g/mol. The van der Waals surface area contributed by atoms with Gasteiger partial charge in [0, 0.05) is 10.0 Å². The van der Waals surface area contributed by atoms with Gasteiger partial charge in [-0.25, -0.2) is 0 Å². The number of aryl methyl sites for hydroxylation is 1. The molecule has 5 heteroatoms. The quantitative estimate of drug-likeness (QED) is 0.811. The summed E-state index contributed by atoms with van der Waals surface area (Å²) in [6.45, 7) is 3.21. The van der Waals surface area contributed by atoms with Gasteiger partial charge >= 0.3 is 0 Å². The Labute approximate surface area is 145 Å². The average molecular weight is 378 g/mol. The first kappa shape index (κ1) is 17.5. The highest BCUT2D eigenvalue weighted by atomic mass is 79.9. The third kappa shape index (κ3) is 5.37. The van der Waals surface area contributed by atoms with Crippen LogP contribution in [0.3, 0.4) is 0 Å². The zero-order valence-electron chi connectivity index (χ0n) is 13.7. The molecule has 1 atom stereocenters. The number of ether oxygens (including phenoxy) is 1. The molecule has 2 N–H and O–H groups in total. The van der Waals surface area contributed by atoms with Gasteiger partial charge in [0.25, 0.3) is 5.91 Å². The fraction of sp³-hybridized carbons (Fsp3) is 0.278. The van der Waals surface area contributed by atoms with E-state index in [9.17, 15) is 4.79 Å². The smallest absolute Gasteiger partial charge is 0.279 e. The van der Waals surface area contributed by atoms with Crippen molar-refractivity contribution in [2.75, 3.05) is 26.0 Å². The summed E-state index contributed by atoms with van der Waals surface area (Å²) in [6, 6.07) is 13.8. The number of benzene rings is 2. The molecule has 0 aliphatic carbocycles. The Bertz CT molecular complexity index is 671. The van der Waals surface area contributed by atoms with E-state index >= 15 is 0 Å². The summed E-state index contributed by atoms with van der Waals surface area (Å²) >= 11 is 3.48. The van der Waals surface area contributed by atoms with Crippen molar-refractivity contribution in [2.45, 2.75) is 13.5 Å². The third-order valence-corrected chi connectivity index (χ3v) is 4.18. The lowest BCUT2D eigenvalue weighted by molar-refractivity contribution is -0.885. The van der Waals surface area contributed by atoms with Gasteiger partial charge in [-0.3, -0.25) is 4.79 Å². The van der Waals surface area contributed by atoms with Crippen LogP contribution in [-0.2, 0) is 11.3 Å². The van der Waals surface area contributed by atoms with Crippen LogP contribution >= 0.6 is 15.9 Å². The number of anilines is 1. The Morgan fingerprint density at radius 3 is 2.52 bits per heavy atom. The van der Waals surface area contributed by atoms with Crippen molar-refractivity contribution in [2.24, 2.45) is 0 Å². The van der Waals surface area contributed by atoms with Crippen LogP contribution in [0.25, 0.3) is 0 Å². The van der Waals surface area contributed by atoms with Crippen LogP contribution in [0.4, 0.5) is 5.69 Å². The minimum Gasteiger partial charge on any atom is -0.497 e. The molecule has 0 radical (unpaired) electrons. The van der Waals surface area contributed by atoms with E-state index in [0.29, 0.717) is 6.54 Å². The highest BCUT2D eigenvalue weighted by Gasteiger charge is 2.12. The molecule has 0 fully saturated rings. The van der Waals surface area contributed by atoms with Crippen LogP contribution in [0, 0.1) is 6.92 Å². The van der Waals surface area contributed by atoms with E-state index in [2.05, 4.69) is 21.2 Å². The van der Waals surface area contributed by atoms with Crippen molar-refractivity contribution in [3.63, 3.8) is 0 Å². The van der Waals surface area contributed by atoms with Crippen LogP contribution in [0.1, 0.15) is 11.1 Å². The molecule has 0 bridgehead atoms. The van der Waals surface area contributed by atoms with Crippen LogP contribution in [0.5, 0.6) is 5.75 Å². The van der Waals surface area contributed by atoms with Crippen LogP contribution in [-0.4, -0.2) is 26.6 Å². The van der Waals surface area contributed by atoms with E-state index in [1.165, 1.54) is 5.56 Å². The second-order valence-corrected chi connectivity index (χ2v) is 6.54. The molecular formula is C18H22BrN2O2+. The number of hydrogen-bond acceptors (Lipinski definition) is 2. The van der Waals surface area contributed by atoms with Gasteiger partial charge in [0.1, 0.15) is 12.3 Å². The fourth-order valence-electron chi connectivity index (χ4n) is 2.34. The molecule has 1 unspecified atom stereocenters. The number of carbonyl (C=O) groups is 1. The largest absolute Gasteiger partial charge is 0.497 e. The lowest BCUT2D eigenvalue weighted by atomic mass is 10.2. The number of hydrogen-bond donors (Lipinski definition) is 2. The number of carbonyl (C=O) groups excluding carboxylic acids is 1. The number of amides is 1. The average Bonchev–Trinajstić information content (AvgIpc) is 2.50. The summed E-state index contributed by atoms with van der Waals surface area (Å²) in [6.07, 6.45) is 0. The van der Waals surface area contributed by atoms with Gasteiger partial charge in [0.15, 0.2) is 6.54 Å². The van der Waals surface area contributed by atoms with Gasteiger partial charge in [-0.15, -0.1) is 0 Å². The predicted molar refractivity (Wildman–Crippen MR) is 96.0 cm³/mol. The summed E-state index contributed by atoms with van der Waals surface area (Å²) in [5, 5.41) is 2.95. The molecule has 2 rings (SSSR count). The number of likely N-dealkylation sites (N-methyl/N-ethyl adjacent to an activating group) is 1. The van der Waals surface area contributed by atoms with Crippen LogP contribution < -0.4 is 15.0 Å². The summed E-state index contributed by atoms with van der Waals surface area (Å²) in [4.78, 5) is 13.3. The first-order valence-corrected chi connectivity index (χ1v) is 8.27. The highest BCUT2D eigenvalue weighted by Crippen LogP contribution is 2.23. The summed E-state index contributed by atoms with van der Waals surface area (Å²) < 4.78 is 6.05. The normalized spacial score (nSPS) is 11.8. The standard InChI is InChI=1S/C18H21BrN2O2/c1-13-4-9-17(16(19)10-13)20-18(22)12-21(2)11-14-5-7-15(23-3)8-6-14/h4-10H,11-12H2,1-3H3,(H,20,22)/p+1. The van der Waals surface area contributed by atoms with E-state index in [1.54, 1.807) is 7.11 Å². The zero-order chi connectivity index (χ0) is 16.8. The van der Waals surface area contributed by atoms with Crippen molar-refractivity contribution in [3.8, 4) is 5.75 Å². The molecule has 0 saturated heterocycles. The Morgan fingerprint density at radius 1 is 1.22 bits per heavy atom. The molecule has 122 valence electrons. The number of methoxy groups -OCH3 is 1. The number of nitrogens with one attached hydrogen (secondary N) is 2. The number of quaternary nitrogens is 1. The van der Waals surface area contributed by atoms with Gasteiger partial charge in [0.05, 0.1) is 19.8 Å². The Balaban J connectivity index is 1.88. The topological polar surface area (TPSA) is 42.8 Å².